The molecule has 0 fully saturated rings. The predicted octanol–water partition coefficient (Wildman–Crippen LogP) is 0.695. The van der Waals surface area contributed by atoms with Crippen LogP contribution in [0.3, 0.4) is 0 Å². The summed E-state index contributed by atoms with van der Waals surface area (Å²) in [6.07, 6.45) is 0.874. The summed E-state index contributed by atoms with van der Waals surface area (Å²) in [6, 6.07) is 0. The molecule has 0 spiro atoms. The third kappa shape index (κ3) is 6.63. The van der Waals surface area contributed by atoms with Gasteiger partial charge in [-0.15, -0.1) is 0 Å². The smallest absolute Gasteiger partial charge is 0.319 e. The van der Waals surface area contributed by atoms with Gasteiger partial charge >= 0.3 is 5.97 Å². The molecule has 0 aliphatic rings. The first kappa shape index (κ1) is 16.4. The number of sulfone groups is 1. The van der Waals surface area contributed by atoms with Gasteiger partial charge in [0.15, 0.2) is 9.84 Å². The molecule has 0 amide bonds. The number of ether oxygens (including phenoxy) is 1. The molecule has 0 unspecified atom stereocenters. The second kappa shape index (κ2) is 7.66. The maximum atomic E-state index is 11.7. The molecule has 0 atom stereocenters. The molecule has 0 saturated carbocycles. The van der Waals surface area contributed by atoms with Crippen molar-refractivity contribution >= 4 is 15.8 Å². The Morgan fingerprint density at radius 1 is 1.29 bits per heavy atom. The van der Waals surface area contributed by atoms with E-state index >= 15 is 0 Å². The maximum Gasteiger partial charge on any atom is 0.319 e. The maximum absolute atomic E-state index is 11.7. The summed E-state index contributed by atoms with van der Waals surface area (Å²) < 4.78 is 27.9. The van der Waals surface area contributed by atoms with Crippen molar-refractivity contribution in [1.82, 2.24) is 4.90 Å². The predicted molar refractivity (Wildman–Crippen MR) is 67.7 cm³/mol. The van der Waals surface area contributed by atoms with E-state index in [4.69, 9.17) is 0 Å². The quantitative estimate of drug-likeness (QED) is 0.604. The van der Waals surface area contributed by atoms with E-state index in [1.165, 1.54) is 7.11 Å². The van der Waals surface area contributed by atoms with Gasteiger partial charge in [-0.2, -0.15) is 0 Å². The van der Waals surface area contributed by atoms with Gasteiger partial charge in [-0.3, -0.25) is 9.69 Å². The fourth-order valence-electron chi connectivity index (χ4n) is 1.33. The Morgan fingerprint density at radius 3 is 2.29 bits per heavy atom. The lowest BCUT2D eigenvalue weighted by atomic mass is 10.4. The summed E-state index contributed by atoms with van der Waals surface area (Å²) in [5.41, 5.74) is 0. The Morgan fingerprint density at radius 2 is 1.88 bits per heavy atom. The number of hydrogen-bond acceptors (Lipinski definition) is 5. The van der Waals surface area contributed by atoms with Crippen LogP contribution >= 0.6 is 0 Å². The molecule has 0 radical (unpaired) electrons. The van der Waals surface area contributed by atoms with Gasteiger partial charge in [0.05, 0.1) is 24.7 Å². The van der Waals surface area contributed by atoms with Gasteiger partial charge in [-0.05, 0) is 26.8 Å². The lowest BCUT2D eigenvalue weighted by molar-refractivity contribution is -0.141. The number of esters is 1. The number of rotatable bonds is 8. The molecule has 102 valence electrons. The second-order valence-corrected chi connectivity index (χ2v) is 6.94. The lowest BCUT2D eigenvalue weighted by Gasteiger charge is -2.20. The van der Waals surface area contributed by atoms with Crippen LogP contribution in [-0.4, -0.2) is 57.0 Å². The van der Waals surface area contributed by atoms with Crippen LogP contribution in [0, 0.1) is 0 Å². The van der Waals surface area contributed by atoms with Crippen molar-refractivity contribution in [3.63, 3.8) is 0 Å². The number of nitrogens with zero attached hydrogens (tertiary/aromatic N) is 1. The van der Waals surface area contributed by atoms with Crippen molar-refractivity contribution in [3.8, 4) is 0 Å². The molecule has 0 N–H and O–H groups in total. The number of methoxy groups -OCH3 is 1. The minimum Gasteiger partial charge on any atom is -0.468 e. The van der Waals surface area contributed by atoms with Gasteiger partial charge < -0.3 is 4.74 Å². The van der Waals surface area contributed by atoms with Gasteiger partial charge in [0.25, 0.3) is 0 Å². The Labute approximate surface area is 104 Å². The van der Waals surface area contributed by atoms with E-state index in [2.05, 4.69) is 4.74 Å². The van der Waals surface area contributed by atoms with Crippen LogP contribution in [0.25, 0.3) is 0 Å². The van der Waals surface area contributed by atoms with Crippen LogP contribution in [0.4, 0.5) is 0 Å². The average Bonchev–Trinajstić information content (AvgIpc) is 2.26. The van der Waals surface area contributed by atoms with E-state index in [-0.39, 0.29) is 23.5 Å². The molecular formula is C11H23NO4S. The molecule has 0 bridgehead atoms. The van der Waals surface area contributed by atoms with Gasteiger partial charge in [-0.1, -0.05) is 6.92 Å². The molecule has 0 aliphatic carbocycles. The summed E-state index contributed by atoms with van der Waals surface area (Å²) in [5.74, 6) is -0.248. The van der Waals surface area contributed by atoms with Crippen LogP contribution in [0.1, 0.15) is 27.2 Å². The molecule has 6 heteroatoms. The zero-order chi connectivity index (χ0) is 13.5. The van der Waals surface area contributed by atoms with Crippen molar-refractivity contribution in [2.45, 2.75) is 32.4 Å². The summed E-state index contributed by atoms with van der Waals surface area (Å²) in [6.45, 7) is 6.55. The largest absolute Gasteiger partial charge is 0.468 e. The number of carbonyl (C=O) groups is 1. The molecular weight excluding hydrogens is 242 g/mol. The molecule has 17 heavy (non-hydrogen) atoms. The first-order valence-corrected chi connectivity index (χ1v) is 7.55. The summed E-state index contributed by atoms with van der Waals surface area (Å²) in [5, 5.41) is -0.371. The van der Waals surface area contributed by atoms with Gasteiger partial charge in [0, 0.05) is 6.54 Å². The van der Waals surface area contributed by atoms with E-state index in [1.807, 2.05) is 11.8 Å². The molecule has 0 aliphatic heterocycles. The van der Waals surface area contributed by atoms with E-state index < -0.39 is 9.84 Å². The normalized spacial score (nSPS) is 12.1. The SMILES string of the molecule is CCCN(CCS(=O)(=O)C(C)C)CC(=O)OC. The van der Waals surface area contributed by atoms with Crippen molar-refractivity contribution in [3.05, 3.63) is 0 Å². The van der Waals surface area contributed by atoms with Crippen molar-refractivity contribution in [2.24, 2.45) is 0 Å². The second-order valence-electron chi connectivity index (χ2n) is 4.27. The monoisotopic (exact) mass is 265 g/mol. The highest BCUT2D eigenvalue weighted by molar-refractivity contribution is 7.92. The molecule has 0 aromatic carbocycles. The molecule has 0 rings (SSSR count). The zero-order valence-electron chi connectivity index (χ0n) is 11.1. The standard InChI is InChI=1S/C11H23NO4S/c1-5-6-12(9-11(13)16-4)7-8-17(14,15)10(2)3/h10H,5-9H2,1-4H3. The Bertz CT molecular complexity index is 324. The van der Waals surface area contributed by atoms with Crippen molar-refractivity contribution in [1.29, 1.82) is 0 Å². The number of carbonyl (C=O) groups excluding carboxylic acids is 1. The fraction of sp³-hybridized carbons (Fsp3) is 0.909. The van der Waals surface area contributed by atoms with Gasteiger partial charge in [0.2, 0.25) is 0 Å². The first-order valence-electron chi connectivity index (χ1n) is 5.84. The first-order chi connectivity index (χ1) is 7.83. The van der Waals surface area contributed by atoms with Crippen LogP contribution in [0.5, 0.6) is 0 Å². The van der Waals surface area contributed by atoms with Crippen LogP contribution in [-0.2, 0) is 19.4 Å². The average molecular weight is 265 g/mol. The van der Waals surface area contributed by atoms with E-state index in [9.17, 15) is 13.2 Å². The summed E-state index contributed by atoms with van der Waals surface area (Å²) in [4.78, 5) is 13.0. The highest BCUT2D eigenvalue weighted by Crippen LogP contribution is 2.02. The van der Waals surface area contributed by atoms with E-state index in [0.29, 0.717) is 13.1 Å². The van der Waals surface area contributed by atoms with Crippen LogP contribution in [0.2, 0.25) is 0 Å². The third-order valence-corrected chi connectivity index (χ3v) is 4.72. The summed E-state index contributed by atoms with van der Waals surface area (Å²) in [7, 11) is -1.72. The fourth-order valence-corrected chi connectivity index (χ4v) is 2.31. The minimum atomic E-state index is -3.05. The highest BCUT2D eigenvalue weighted by atomic mass is 32.2. The molecule has 0 aromatic heterocycles. The lowest BCUT2D eigenvalue weighted by Crippen LogP contribution is -2.36. The van der Waals surface area contributed by atoms with E-state index in [0.717, 1.165) is 6.42 Å². The topological polar surface area (TPSA) is 63.7 Å². The van der Waals surface area contributed by atoms with E-state index in [1.54, 1.807) is 13.8 Å². The molecule has 0 saturated heterocycles. The highest BCUT2D eigenvalue weighted by Gasteiger charge is 2.18. The van der Waals surface area contributed by atoms with Crippen molar-refractivity contribution in [2.75, 3.05) is 32.5 Å². The molecule has 5 nitrogen and oxygen atoms in total. The third-order valence-electron chi connectivity index (χ3n) is 2.53. The van der Waals surface area contributed by atoms with Crippen LogP contribution in [0.15, 0.2) is 0 Å². The Balaban J connectivity index is 4.31. The summed E-state index contributed by atoms with van der Waals surface area (Å²) >= 11 is 0. The zero-order valence-corrected chi connectivity index (χ0v) is 11.9. The Hall–Kier alpha value is -0.620. The molecule has 0 aromatic rings. The molecule has 0 heterocycles. The van der Waals surface area contributed by atoms with Crippen LogP contribution < -0.4 is 0 Å². The van der Waals surface area contributed by atoms with Crippen molar-refractivity contribution < 1.29 is 17.9 Å². The number of hydrogen-bond donors (Lipinski definition) is 0. The van der Waals surface area contributed by atoms with Gasteiger partial charge in [0.1, 0.15) is 0 Å². The minimum absolute atomic E-state index is 0.0850. The Kier molecular flexibility index (Phi) is 7.38. The van der Waals surface area contributed by atoms with Gasteiger partial charge in [-0.25, -0.2) is 8.42 Å².